The molecule has 0 aliphatic rings. The third-order valence-corrected chi connectivity index (χ3v) is 5.56. The van der Waals surface area contributed by atoms with Gasteiger partial charge in [-0.1, -0.05) is 0 Å². The number of hydrogen-bond donors (Lipinski definition) is 2. The van der Waals surface area contributed by atoms with Crippen LogP contribution in [0.2, 0.25) is 0 Å². The third kappa shape index (κ3) is 4.42. The standard InChI is InChI=1S/C9H16N4O4S2/c1-13(2)18(14,15)6-5-12-19(16,17)8-3-4-11-9(10)7-8/h3-4,7,12H,5-6H2,1-2H3,(H2,10,11). The Morgan fingerprint density at radius 3 is 2.47 bits per heavy atom. The van der Waals surface area contributed by atoms with Crippen molar-refractivity contribution >= 4 is 25.9 Å². The molecule has 0 unspecified atom stereocenters. The van der Waals surface area contributed by atoms with Gasteiger partial charge in [-0.05, 0) is 6.07 Å². The molecule has 108 valence electrons. The highest BCUT2D eigenvalue weighted by Gasteiger charge is 2.18. The second kappa shape index (κ2) is 5.82. The van der Waals surface area contributed by atoms with E-state index in [0.29, 0.717) is 0 Å². The lowest BCUT2D eigenvalue weighted by Gasteiger charge is -2.11. The number of nitrogen functional groups attached to an aromatic ring is 1. The predicted octanol–water partition coefficient (Wildman–Crippen LogP) is -1.17. The molecule has 1 aromatic rings. The van der Waals surface area contributed by atoms with Crippen LogP contribution in [0.15, 0.2) is 23.2 Å². The van der Waals surface area contributed by atoms with E-state index in [9.17, 15) is 16.8 Å². The topological polar surface area (TPSA) is 122 Å². The lowest BCUT2D eigenvalue weighted by molar-refractivity contribution is 0.519. The van der Waals surface area contributed by atoms with Crippen molar-refractivity contribution in [1.82, 2.24) is 14.0 Å². The summed E-state index contributed by atoms with van der Waals surface area (Å²) in [5.74, 6) is -0.247. The number of nitrogens with one attached hydrogen (secondary N) is 1. The van der Waals surface area contributed by atoms with E-state index in [1.165, 1.54) is 32.4 Å². The van der Waals surface area contributed by atoms with Crippen molar-refractivity contribution in [2.75, 3.05) is 32.1 Å². The minimum absolute atomic E-state index is 0.0535. The quantitative estimate of drug-likeness (QED) is 0.683. The van der Waals surface area contributed by atoms with Gasteiger partial charge in [0.05, 0.1) is 10.6 Å². The molecule has 0 fully saturated rings. The van der Waals surface area contributed by atoms with Crippen molar-refractivity contribution in [2.45, 2.75) is 4.90 Å². The van der Waals surface area contributed by atoms with Crippen LogP contribution in [-0.4, -0.2) is 52.5 Å². The van der Waals surface area contributed by atoms with Gasteiger partial charge in [0.2, 0.25) is 20.0 Å². The molecule has 0 radical (unpaired) electrons. The van der Waals surface area contributed by atoms with Crippen LogP contribution in [0.25, 0.3) is 0 Å². The van der Waals surface area contributed by atoms with E-state index in [2.05, 4.69) is 9.71 Å². The molecule has 0 bridgehead atoms. The van der Waals surface area contributed by atoms with Crippen molar-refractivity contribution in [3.05, 3.63) is 18.3 Å². The Bertz CT molecular complexity index is 640. The molecule has 10 heteroatoms. The van der Waals surface area contributed by atoms with Crippen LogP contribution < -0.4 is 10.5 Å². The van der Waals surface area contributed by atoms with Gasteiger partial charge in [-0.15, -0.1) is 0 Å². The number of anilines is 1. The molecule has 0 saturated heterocycles. The summed E-state index contributed by atoms with van der Waals surface area (Å²) in [6.45, 7) is -0.217. The van der Waals surface area contributed by atoms with Gasteiger partial charge in [0.25, 0.3) is 0 Å². The molecule has 0 spiro atoms. The average Bonchev–Trinajstić information content (AvgIpc) is 2.28. The Morgan fingerprint density at radius 2 is 1.95 bits per heavy atom. The van der Waals surface area contributed by atoms with E-state index in [4.69, 9.17) is 5.73 Å². The molecule has 19 heavy (non-hydrogen) atoms. The molecule has 0 aliphatic heterocycles. The molecule has 1 rings (SSSR count). The lowest BCUT2D eigenvalue weighted by atomic mass is 10.5. The number of rotatable bonds is 6. The molecule has 1 heterocycles. The maximum atomic E-state index is 11.8. The van der Waals surface area contributed by atoms with E-state index in [0.717, 1.165) is 4.31 Å². The summed E-state index contributed by atoms with van der Waals surface area (Å²) in [6.07, 6.45) is 1.26. The van der Waals surface area contributed by atoms with Crippen molar-refractivity contribution in [3.63, 3.8) is 0 Å². The molecular formula is C9H16N4O4S2. The summed E-state index contributed by atoms with van der Waals surface area (Å²) in [7, 11) is -4.46. The molecule has 8 nitrogen and oxygen atoms in total. The first-order chi connectivity index (χ1) is 8.65. The average molecular weight is 308 g/mol. The lowest BCUT2D eigenvalue weighted by Crippen LogP contribution is -2.34. The first kappa shape index (κ1) is 15.8. The van der Waals surface area contributed by atoms with Gasteiger partial charge in [-0.2, -0.15) is 0 Å². The summed E-state index contributed by atoms with van der Waals surface area (Å²) >= 11 is 0. The zero-order chi connectivity index (χ0) is 14.7. The molecule has 0 saturated carbocycles. The molecule has 1 aromatic heterocycles. The summed E-state index contributed by atoms with van der Waals surface area (Å²) < 4.78 is 49.8. The molecular weight excluding hydrogens is 292 g/mol. The Labute approximate surface area is 112 Å². The molecule has 0 amide bonds. The molecule has 0 aromatic carbocycles. The van der Waals surface area contributed by atoms with Gasteiger partial charge < -0.3 is 5.73 Å². The fraction of sp³-hybridized carbons (Fsp3) is 0.444. The van der Waals surface area contributed by atoms with Gasteiger partial charge in [-0.3, -0.25) is 0 Å². The van der Waals surface area contributed by atoms with Gasteiger partial charge in [0.1, 0.15) is 5.82 Å². The van der Waals surface area contributed by atoms with Crippen molar-refractivity contribution in [1.29, 1.82) is 0 Å². The number of hydrogen-bond acceptors (Lipinski definition) is 6. The summed E-state index contributed by atoms with van der Waals surface area (Å²) in [6, 6.07) is 2.47. The second-order valence-corrected chi connectivity index (χ2v) is 7.98. The van der Waals surface area contributed by atoms with Crippen LogP contribution in [0.1, 0.15) is 0 Å². The number of pyridine rings is 1. The fourth-order valence-electron chi connectivity index (χ4n) is 1.17. The van der Waals surface area contributed by atoms with Crippen LogP contribution in [0.3, 0.4) is 0 Å². The normalized spacial score (nSPS) is 12.8. The van der Waals surface area contributed by atoms with E-state index >= 15 is 0 Å². The van der Waals surface area contributed by atoms with Gasteiger partial charge in [0, 0.05) is 32.9 Å². The minimum Gasteiger partial charge on any atom is -0.384 e. The third-order valence-electron chi connectivity index (χ3n) is 2.27. The molecule has 0 aliphatic carbocycles. The van der Waals surface area contributed by atoms with Crippen LogP contribution >= 0.6 is 0 Å². The monoisotopic (exact) mass is 308 g/mol. The maximum absolute atomic E-state index is 11.8. The Balaban J connectivity index is 2.73. The van der Waals surface area contributed by atoms with Gasteiger partial charge >= 0.3 is 0 Å². The fourth-order valence-corrected chi connectivity index (χ4v) is 3.07. The highest BCUT2D eigenvalue weighted by Crippen LogP contribution is 2.09. The first-order valence-electron chi connectivity index (χ1n) is 5.26. The highest BCUT2D eigenvalue weighted by molar-refractivity contribution is 7.90. The molecule has 3 N–H and O–H groups in total. The van der Waals surface area contributed by atoms with Crippen LogP contribution in [0.4, 0.5) is 5.82 Å². The van der Waals surface area contributed by atoms with Crippen LogP contribution in [-0.2, 0) is 20.0 Å². The van der Waals surface area contributed by atoms with Crippen molar-refractivity contribution in [3.8, 4) is 0 Å². The van der Waals surface area contributed by atoms with E-state index in [1.54, 1.807) is 0 Å². The predicted molar refractivity (Wildman–Crippen MR) is 71.3 cm³/mol. The highest BCUT2D eigenvalue weighted by atomic mass is 32.2. The van der Waals surface area contributed by atoms with E-state index in [-0.39, 0.29) is 23.0 Å². The first-order valence-corrected chi connectivity index (χ1v) is 8.36. The number of aromatic nitrogens is 1. The molecule has 0 atom stereocenters. The zero-order valence-electron chi connectivity index (χ0n) is 10.6. The minimum atomic E-state index is -3.78. The van der Waals surface area contributed by atoms with Crippen molar-refractivity contribution in [2.24, 2.45) is 0 Å². The van der Waals surface area contributed by atoms with Gasteiger partial charge in [0.15, 0.2) is 0 Å². The summed E-state index contributed by atoms with van der Waals surface area (Å²) in [5.41, 5.74) is 5.39. The Morgan fingerprint density at radius 1 is 1.32 bits per heavy atom. The van der Waals surface area contributed by atoms with Crippen molar-refractivity contribution < 1.29 is 16.8 Å². The van der Waals surface area contributed by atoms with Gasteiger partial charge in [-0.25, -0.2) is 30.8 Å². The van der Waals surface area contributed by atoms with E-state index < -0.39 is 20.0 Å². The van der Waals surface area contributed by atoms with Crippen LogP contribution in [0.5, 0.6) is 0 Å². The summed E-state index contributed by atoms with van der Waals surface area (Å²) in [4.78, 5) is 3.63. The van der Waals surface area contributed by atoms with Crippen LogP contribution in [0, 0.1) is 0 Å². The SMILES string of the molecule is CN(C)S(=O)(=O)CCNS(=O)(=O)c1ccnc(N)c1. The Hall–Kier alpha value is -1.23. The largest absolute Gasteiger partial charge is 0.384 e. The zero-order valence-corrected chi connectivity index (χ0v) is 12.2. The maximum Gasteiger partial charge on any atom is 0.240 e. The Kier molecular flexibility index (Phi) is 4.85. The number of nitrogens with two attached hydrogens (primary N) is 1. The summed E-state index contributed by atoms with van der Waals surface area (Å²) in [5, 5.41) is 0. The smallest absolute Gasteiger partial charge is 0.240 e. The number of nitrogens with zero attached hydrogens (tertiary/aromatic N) is 2. The number of sulfonamides is 2. The second-order valence-electron chi connectivity index (χ2n) is 3.91. The van der Waals surface area contributed by atoms with E-state index in [1.807, 2.05) is 0 Å².